The number of amides is 1. The molecular weight excluding hydrogens is 395 g/mol. The number of para-hydroxylation sites is 1. The second kappa shape index (κ2) is 10.0. The zero-order chi connectivity index (χ0) is 21.5. The molecule has 2 heterocycles. The number of anilines is 2. The number of piperazine rings is 1. The topological polar surface area (TPSA) is 57.7 Å². The Morgan fingerprint density at radius 1 is 0.968 bits per heavy atom. The van der Waals surface area contributed by atoms with Crippen LogP contribution in [0.3, 0.4) is 0 Å². The van der Waals surface area contributed by atoms with Gasteiger partial charge in [0, 0.05) is 32.7 Å². The van der Waals surface area contributed by atoms with Crippen LogP contribution in [-0.4, -0.2) is 48.6 Å². The highest BCUT2D eigenvalue weighted by atomic mass is 19.1. The maximum Gasteiger partial charge on any atom is 0.262 e. The zero-order valence-corrected chi connectivity index (χ0v) is 17.2. The number of carbonyl (C=O) groups is 1. The minimum absolute atomic E-state index is 0.0538. The van der Waals surface area contributed by atoms with Crippen LogP contribution in [0.4, 0.5) is 15.9 Å². The Morgan fingerprint density at radius 3 is 2.39 bits per heavy atom. The van der Waals surface area contributed by atoms with Gasteiger partial charge < -0.3 is 15.0 Å². The van der Waals surface area contributed by atoms with Gasteiger partial charge in [-0.3, -0.25) is 9.69 Å². The van der Waals surface area contributed by atoms with E-state index < -0.39 is 0 Å². The molecule has 7 heteroatoms. The van der Waals surface area contributed by atoms with E-state index in [1.807, 2.05) is 54.6 Å². The highest BCUT2D eigenvalue weighted by Crippen LogP contribution is 2.17. The van der Waals surface area contributed by atoms with Gasteiger partial charge in [-0.1, -0.05) is 30.3 Å². The lowest BCUT2D eigenvalue weighted by atomic mass is 10.2. The van der Waals surface area contributed by atoms with Crippen LogP contribution in [-0.2, 0) is 11.3 Å². The van der Waals surface area contributed by atoms with Crippen LogP contribution in [0.2, 0.25) is 0 Å². The number of pyridine rings is 1. The summed E-state index contributed by atoms with van der Waals surface area (Å²) in [6.07, 6.45) is 1.67. The maximum atomic E-state index is 13.1. The molecule has 160 valence electrons. The molecule has 1 fully saturated rings. The molecule has 31 heavy (non-hydrogen) atoms. The summed E-state index contributed by atoms with van der Waals surface area (Å²) < 4.78 is 18.5. The molecule has 4 rings (SSSR count). The first kappa shape index (κ1) is 20.8. The predicted molar refractivity (Wildman–Crippen MR) is 119 cm³/mol. The summed E-state index contributed by atoms with van der Waals surface area (Å²) in [5.74, 6) is 1.11. The Hall–Kier alpha value is -3.45. The van der Waals surface area contributed by atoms with Gasteiger partial charge in [0.15, 0.2) is 6.61 Å². The first-order valence-corrected chi connectivity index (χ1v) is 10.3. The van der Waals surface area contributed by atoms with E-state index in [1.54, 1.807) is 6.20 Å². The first-order valence-electron chi connectivity index (χ1n) is 10.3. The molecule has 6 nitrogen and oxygen atoms in total. The number of rotatable bonds is 7. The zero-order valence-electron chi connectivity index (χ0n) is 17.2. The van der Waals surface area contributed by atoms with Crippen molar-refractivity contribution >= 4 is 17.4 Å². The summed E-state index contributed by atoms with van der Waals surface area (Å²) in [5, 5.41) is 2.80. The summed E-state index contributed by atoms with van der Waals surface area (Å²) in [6.45, 7) is 4.32. The lowest BCUT2D eigenvalue weighted by Gasteiger charge is -2.35. The van der Waals surface area contributed by atoms with Gasteiger partial charge in [-0.2, -0.15) is 0 Å². The fraction of sp³-hybridized carbons (Fsp3) is 0.250. The molecule has 0 radical (unpaired) electrons. The molecule has 0 aliphatic carbocycles. The van der Waals surface area contributed by atoms with Crippen molar-refractivity contribution in [1.29, 1.82) is 0 Å². The highest BCUT2D eigenvalue weighted by Gasteiger charge is 2.18. The summed E-state index contributed by atoms with van der Waals surface area (Å²) >= 11 is 0. The van der Waals surface area contributed by atoms with E-state index >= 15 is 0 Å². The quantitative estimate of drug-likeness (QED) is 0.633. The van der Waals surface area contributed by atoms with E-state index in [-0.39, 0.29) is 18.3 Å². The van der Waals surface area contributed by atoms with E-state index in [2.05, 4.69) is 20.1 Å². The van der Waals surface area contributed by atoms with Crippen LogP contribution >= 0.6 is 0 Å². The van der Waals surface area contributed by atoms with Gasteiger partial charge in [-0.05, 0) is 42.0 Å². The Labute approximate surface area is 181 Å². The summed E-state index contributed by atoms with van der Waals surface area (Å²) in [4.78, 5) is 21.2. The number of ether oxygens (including phenoxy) is 1. The molecular formula is C24H25FN4O2. The third kappa shape index (κ3) is 6.02. The van der Waals surface area contributed by atoms with E-state index in [9.17, 15) is 9.18 Å². The van der Waals surface area contributed by atoms with Gasteiger partial charge in [-0.25, -0.2) is 9.37 Å². The van der Waals surface area contributed by atoms with Crippen LogP contribution in [0, 0.1) is 5.82 Å². The molecule has 0 unspecified atom stereocenters. The minimum Gasteiger partial charge on any atom is -0.484 e. The van der Waals surface area contributed by atoms with Gasteiger partial charge >= 0.3 is 0 Å². The van der Waals surface area contributed by atoms with Crippen molar-refractivity contribution in [3.63, 3.8) is 0 Å². The molecule has 0 spiro atoms. The molecule has 1 aromatic heterocycles. The van der Waals surface area contributed by atoms with Gasteiger partial charge in [0.25, 0.3) is 5.91 Å². The maximum absolute atomic E-state index is 13.1. The molecule has 3 aromatic rings. The Morgan fingerprint density at radius 2 is 1.71 bits per heavy atom. The molecule has 1 N–H and O–H groups in total. The van der Waals surface area contributed by atoms with E-state index in [1.165, 1.54) is 12.1 Å². The normalized spacial score (nSPS) is 14.3. The largest absolute Gasteiger partial charge is 0.484 e. The van der Waals surface area contributed by atoms with Crippen molar-refractivity contribution in [2.24, 2.45) is 0 Å². The molecule has 0 saturated carbocycles. The van der Waals surface area contributed by atoms with Crippen LogP contribution in [0.1, 0.15) is 5.56 Å². The van der Waals surface area contributed by atoms with Crippen molar-refractivity contribution in [3.05, 3.63) is 84.3 Å². The number of nitrogens with one attached hydrogen (secondary N) is 1. The van der Waals surface area contributed by atoms with Crippen LogP contribution < -0.4 is 15.0 Å². The summed E-state index contributed by atoms with van der Waals surface area (Å²) in [7, 11) is 0. The van der Waals surface area contributed by atoms with Crippen molar-refractivity contribution in [2.75, 3.05) is 43.0 Å². The molecule has 1 aliphatic rings. The molecule has 1 amide bonds. The average molecular weight is 420 g/mol. The van der Waals surface area contributed by atoms with Crippen LogP contribution in [0.5, 0.6) is 5.75 Å². The Bertz CT molecular complexity index is 973. The Balaban J connectivity index is 1.23. The molecule has 0 atom stereocenters. The highest BCUT2D eigenvalue weighted by molar-refractivity contribution is 5.91. The van der Waals surface area contributed by atoms with Crippen LogP contribution in [0.15, 0.2) is 72.9 Å². The van der Waals surface area contributed by atoms with Gasteiger partial charge in [0.1, 0.15) is 17.4 Å². The third-order valence-electron chi connectivity index (χ3n) is 5.16. The molecule has 1 aliphatic heterocycles. The van der Waals surface area contributed by atoms with Crippen molar-refractivity contribution in [2.45, 2.75) is 6.54 Å². The SMILES string of the molecule is O=C(COc1ccccc1)Nc1ccc(N2CCN(Cc3ccc(F)cc3)CC2)nc1. The number of benzene rings is 2. The lowest BCUT2D eigenvalue weighted by Crippen LogP contribution is -2.46. The van der Waals surface area contributed by atoms with Gasteiger partial charge in [-0.15, -0.1) is 0 Å². The number of nitrogens with zero attached hydrogens (tertiary/aromatic N) is 3. The van der Waals surface area contributed by atoms with Crippen molar-refractivity contribution in [3.8, 4) is 5.75 Å². The second-order valence-electron chi connectivity index (χ2n) is 7.44. The number of halogens is 1. The molecule has 1 saturated heterocycles. The van der Waals surface area contributed by atoms with E-state index in [0.29, 0.717) is 11.4 Å². The number of carbonyl (C=O) groups excluding carboxylic acids is 1. The van der Waals surface area contributed by atoms with E-state index in [4.69, 9.17) is 4.74 Å². The van der Waals surface area contributed by atoms with Crippen LogP contribution in [0.25, 0.3) is 0 Å². The predicted octanol–water partition coefficient (Wildman–Crippen LogP) is 3.56. The minimum atomic E-state index is -0.229. The fourth-order valence-electron chi connectivity index (χ4n) is 3.49. The third-order valence-corrected chi connectivity index (χ3v) is 5.16. The van der Waals surface area contributed by atoms with Crippen molar-refractivity contribution < 1.29 is 13.9 Å². The number of hydrogen-bond acceptors (Lipinski definition) is 5. The number of hydrogen-bond donors (Lipinski definition) is 1. The first-order chi connectivity index (χ1) is 15.2. The molecule has 2 aromatic carbocycles. The second-order valence-corrected chi connectivity index (χ2v) is 7.44. The standard InChI is InChI=1S/C24H25FN4O2/c25-20-8-6-19(7-9-20)17-28-12-14-29(15-13-28)23-11-10-21(16-26-23)27-24(30)18-31-22-4-2-1-3-5-22/h1-11,16H,12-15,17-18H2,(H,27,30). The summed E-state index contributed by atoms with van der Waals surface area (Å²) in [6, 6.07) is 19.7. The number of aromatic nitrogens is 1. The monoisotopic (exact) mass is 420 g/mol. The summed E-state index contributed by atoms with van der Waals surface area (Å²) in [5.41, 5.74) is 1.75. The lowest BCUT2D eigenvalue weighted by molar-refractivity contribution is -0.118. The van der Waals surface area contributed by atoms with Gasteiger partial charge in [0.05, 0.1) is 11.9 Å². The van der Waals surface area contributed by atoms with Crippen molar-refractivity contribution in [1.82, 2.24) is 9.88 Å². The molecule has 0 bridgehead atoms. The Kier molecular flexibility index (Phi) is 6.74. The fourth-order valence-corrected chi connectivity index (χ4v) is 3.49. The van der Waals surface area contributed by atoms with E-state index in [0.717, 1.165) is 44.1 Å². The average Bonchev–Trinajstić information content (AvgIpc) is 2.81. The van der Waals surface area contributed by atoms with Gasteiger partial charge in [0.2, 0.25) is 0 Å². The smallest absolute Gasteiger partial charge is 0.262 e.